The zero-order valence-corrected chi connectivity index (χ0v) is 10.3. The minimum atomic E-state index is -0.370. The predicted octanol–water partition coefficient (Wildman–Crippen LogP) is 3.18. The van der Waals surface area contributed by atoms with Crippen LogP contribution >= 0.6 is 0 Å². The van der Waals surface area contributed by atoms with Gasteiger partial charge in [0.2, 0.25) is 0 Å². The molecule has 0 fully saturated rings. The molecule has 0 amide bonds. The van der Waals surface area contributed by atoms with Gasteiger partial charge >= 0.3 is 0 Å². The minimum Gasteiger partial charge on any atom is -0.374 e. The van der Waals surface area contributed by atoms with Crippen molar-refractivity contribution in [1.29, 1.82) is 10.5 Å². The van der Waals surface area contributed by atoms with Crippen LogP contribution in [0.4, 0.5) is 4.39 Å². The Morgan fingerprint density at radius 2 is 2.06 bits per heavy atom. The van der Waals surface area contributed by atoms with E-state index in [1.165, 1.54) is 24.3 Å². The fourth-order valence-corrected chi connectivity index (χ4v) is 1.34. The molecule has 92 valence electrons. The molecule has 0 aliphatic heterocycles. The summed E-state index contributed by atoms with van der Waals surface area (Å²) in [5.74, 6) is -0.370. The largest absolute Gasteiger partial charge is 0.374 e. The van der Waals surface area contributed by atoms with E-state index in [0.29, 0.717) is 11.1 Å². The van der Waals surface area contributed by atoms with Crippen LogP contribution in [0.15, 0.2) is 23.8 Å². The van der Waals surface area contributed by atoms with Crippen LogP contribution in [0.25, 0.3) is 6.08 Å². The topological polar surface area (TPSA) is 56.8 Å². The Hall–Kier alpha value is -2.17. The summed E-state index contributed by atoms with van der Waals surface area (Å²) in [6.07, 6.45) is 1.45. The van der Waals surface area contributed by atoms with Crippen LogP contribution in [0.5, 0.6) is 0 Å². The van der Waals surface area contributed by atoms with E-state index in [0.717, 1.165) is 0 Å². The first kappa shape index (κ1) is 13.9. The molecule has 0 spiro atoms. The Bertz CT molecular complexity index is 520. The molecule has 0 N–H and O–H groups in total. The average molecular weight is 244 g/mol. The molecule has 0 unspecified atom stereocenters. The van der Waals surface area contributed by atoms with E-state index in [2.05, 4.69) is 0 Å². The molecule has 1 aromatic rings. The molecule has 0 heterocycles. The van der Waals surface area contributed by atoms with Crippen LogP contribution in [0.1, 0.15) is 25.0 Å². The number of ether oxygens (including phenoxy) is 1. The van der Waals surface area contributed by atoms with Crippen LogP contribution in [0.3, 0.4) is 0 Å². The second-order valence-electron chi connectivity index (χ2n) is 3.98. The van der Waals surface area contributed by atoms with Gasteiger partial charge in [0.1, 0.15) is 23.5 Å². The summed E-state index contributed by atoms with van der Waals surface area (Å²) in [7, 11) is 0. The third kappa shape index (κ3) is 4.01. The molecule has 1 rings (SSSR count). The first-order chi connectivity index (χ1) is 8.56. The van der Waals surface area contributed by atoms with Gasteiger partial charge < -0.3 is 4.74 Å². The smallest absolute Gasteiger partial charge is 0.130 e. The first-order valence-corrected chi connectivity index (χ1v) is 5.48. The van der Waals surface area contributed by atoms with E-state index >= 15 is 0 Å². The molecule has 18 heavy (non-hydrogen) atoms. The maximum atomic E-state index is 13.2. The van der Waals surface area contributed by atoms with Gasteiger partial charge in [0, 0.05) is 0 Å². The van der Waals surface area contributed by atoms with Gasteiger partial charge in [-0.15, -0.1) is 0 Å². The van der Waals surface area contributed by atoms with E-state index in [1.54, 1.807) is 12.1 Å². The van der Waals surface area contributed by atoms with E-state index < -0.39 is 0 Å². The van der Waals surface area contributed by atoms with Crippen molar-refractivity contribution in [3.63, 3.8) is 0 Å². The lowest BCUT2D eigenvalue weighted by Crippen LogP contribution is -2.04. The number of allylic oxidation sites excluding steroid dienone is 1. The van der Waals surface area contributed by atoms with Crippen molar-refractivity contribution >= 4 is 6.08 Å². The third-order valence-corrected chi connectivity index (χ3v) is 2.22. The normalized spacial score (nSPS) is 9.67. The highest BCUT2D eigenvalue weighted by Gasteiger charge is 2.05. The van der Waals surface area contributed by atoms with Gasteiger partial charge in [-0.3, -0.25) is 0 Å². The van der Waals surface area contributed by atoms with Crippen LogP contribution in [0.2, 0.25) is 0 Å². The summed E-state index contributed by atoms with van der Waals surface area (Å²) in [5, 5.41) is 17.4. The zero-order valence-electron chi connectivity index (χ0n) is 10.3. The van der Waals surface area contributed by atoms with Crippen LogP contribution in [0, 0.1) is 28.5 Å². The Kier molecular flexibility index (Phi) is 5.05. The maximum Gasteiger partial charge on any atom is 0.130 e. The van der Waals surface area contributed by atoms with Gasteiger partial charge in [0.05, 0.1) is 12.7 Å². The number of nitriles is 2. The summed E-state index contributed by atoms with van der Waals surface area (Å²) in [5.41, 5.74) is 1.22. The molecule has 0 atom stereocenters. The Labute approximate surface area is 106 Å². The second-order valence-corrected chi connectivity index (χ2v) is 3.98. The van der Waals surface area contributed by atoms with Crippen LogP contribution < -0.4 is 0 Å². The van der Waals surface area contributed by atoms with E-state index in [9.17, 15) is 4.39 Å². The SMILES string of the molecule is CC(C)OCc1cc(F)ccc1C=C(C#N)C#N. The average Bonchev–Trinajstić information content (AvgIpc) is 2.35. The number of benzene rings is 1. The Morgan fingerprint density at radius 1 is 1.39 bits per heavy atom. The number of nitrogens with zero attached hydrogens (tertiary/aromatic N) is 2. The van der Waals surface area contributed by atoms with Gasteiger partial charge in [0.15, 0.2) is 0 Å². The summed E-state index contributed by atoms with van der Waals surface area (Å²) in [4.78, 5) is 0. The van der Waals surface area contributed by atoms with Gasteiger partial charge in [-0.05, 0) is 43.2 Å². The van der Waals surface area contributed by atoms with Gasteiger partial charge in [0.25, 0.3) is 0 Å². The lowest BCUT2D eigenvalue weighted by atomic mass is 10.1. The lowest BCUT2D eigenvalue weighted by Gasteiger charge is -2.10. The minimum absolute atomic E-state index is 0.0209. The number of hydrogen-bond acceptors (Lipinski definition) is 3. The van der Waals surface area contributed by atoms with Gasteiger partial charge in [-0.1, -0.05) is 6.07 Å². The van der Waals surface area contributed by atoms with E-state index in [4.69, 9.17) is 15.3 Å². The highest BCUT2D eigenvalue weighted by atomic mass is 19.1. The fourth-order valence-electron chi connectivity index (χ4n) is 1.34. The standard InChI is InChI=1S/C14H13FN2O/c1-10(2)18-9-13-6-14(15)4-3-12(13)5-11(7-16)8-17/h3-6,10H,9H2,1-2H3. The van der Waals surface area contributed by atoms with Crippen molar-refractivity contribution in [3.05, 3.63) is 40.7 Å². The van der Waals surface area contributed by atoms with Gasteiger partial charge in [-0.25, -0.2) is 4.39 Å². The van der Waals surface area contributed by atoms with Crippen LogP contribution in [-0.4, -0.2) is 6.10 Å². The molecule has 1 aromatic carbocycles. The van der Waals surface area contributed by atoms with E-state index in [-0.39, 0.29) is 24.1 Å². The molecule has 3 nitrogen and oxygen atoms in total. The Balaban J connectivity index is 3.08. The number of rotatable bonds is 4. The lowest BCUT2D eigenvalue weighted by molar-refractivity contribution is 0.0654. The monoisotopic (exact) mass is 244 g/mol. The zero-order chi connectivity index (χ0) is 13.5. The number of halogens is 1. The molecule has 0 saturated heterocycles. The maximum absolute atomic E-state index is 13.2. The Morgan fingerprint density at radius 3 is 2.61 bits per heavy atom. The molecule has 0 aliphatic carbocycles. The molecule has 0 radical (unpaired) electrons. The summed E-state index contributed by atoms with van der Waals surface area (Å²) in [6.45, 7) is 4.00. The van der Waals surface area contributed by atoms with Crippen molar-refractivity contribution in [3.8, 4) is 12.1 Å². The van der Waals surface area contributed by atoms with Crippen molar-refractivity contribution in [2.75, 3.05) is 0 Å². The summed E-state index contributed by atoms with van der Waals surface area (Å²) < 4.78 is 18.6. The van der Waals surface area contributed by atoms with Crippen molar-refractivity contribution in [2.24, 2.45) is 0 Å². The van der Waals surface area contributed by atoms with Gasteiger partial charge in [-0.2, -0.15) is 10.5 Å². The summed E-state index contributed by atoms with van der Waals surface area (Å²) in [6, 6.07) is 7.71. The van der Waals surface area contributed by atoms with Crippen molar-refractivity contribution in [2.45, 2.75) is 26.6 Å². The fraction of sp³-hybridized carbons (Fsp3) is 0.286. The molecule has 0 bridgehead atoms. The van der Waals surface area contributed by atoms with Crippen molar-refractivity contribution < 1.29 is 9.13 Å². The predicted molar refractivity (Wildman–Crippen MR) is 65.5 cm³/mol. The molecule has 0 aromatic heterocycles. The van der Waals surface area contributed by atoms with Crippen LogP contribution in [-0.2, 0) is 11.3 Å². The third-order valence-electron chi connectivity index (χ3n) is 2.22. The molecule has 0 aliphatic rings. The highest BCUT2D eigenvalue weighted by Crippen LogP contribution is 2.16. The molecular weight excluding hydrogens is 231 g/mol. The molecule has 4 heteroatoms. The highest BCUT2D eigenvalue weighted by molar-refractivity contribution is 5.64. The first-order valence-electron chi connectivity index (χ1n) is 5.48. The quantitative estimate of drug-likeness (QED) is 0.764. The molecule has 0 saturated carbocycles. The van der Waals surface area contributed by atoms with E-state index in [1.807, 2.05) is 13.8 Å². The number of hydrogen-bond donors (Lipinski definition) is 0. The van der Waals surface area contributed by atoms with Crippen molar-refractivity contribution in [1.82, 2.24) is 0 Å². The summed E-state index contributed by atoms with van der Waals surface area (Å²) >= 11 is 0. The molecular formula is C14H13FN2O. The second kappa shape index (κ2) is 6.54.